The quantitative estimate of drug-likeness (QED) is 0.0961. The largest absolute Gasteiger partial charge is 0.432 e. The van der Waals surface area contributed by atoms with Gasteiger partial charge in [0.15, 0.2) is 12.6 Å². The molecule has 19 heteroatoms. The van der Waals surface area contributed by atoms with E-state index in [1.807, 2.05) is 0 Å². The summed E-state index contributed by atoms with van der Waals surface area (Å²) in [7, 11) is 0. The predicted molar refractivity (Wildman–Crippen MR) is 227 cm³/mol. The topological polar surface area (TPSA) is 315 Å². The van der Waals surface area contributed by atoms with Crippen molar-refractivity contribution in [1.29, 1.82) is 0 Å². The summed E-state index contributed by atoms with van der Waals surface area (Å²) in [4.78, 5) is 14.9. The van der Waals surface area contributed by atoms with Gasteiger partial charge in [-0.05, 0) is 111 Å². The van der Waals surface area contributed by atoms with Crippen LogP contribution in [-0.4, -0.2) is 191 Å². The number of ether oxygens (including phenoxy) is 6. The minimum absolute atomic E-state index is 0.0319. The first-order chi connectivity index (χ1) is 30.8. The molecule has 19 nitrogen and oxygen atoms in total. The fraction of sp³-hybridized carbons (Fsp3) is 0.936. The van der Waals surface area contributed by atoms with Crippen molar-refractivity contribution < 1.29 is 94.5 Å². The lowest BCUT2D eigenvalue weighted by Crippen LogP contribution is -2.66. The van der Waals surface area contributed by atoms with E-state index in [1.54, 1.807) is 0 Å². The third-order valence-corrected chi connectivity index (χ3v) is 19.2. The summed E-state index contributed by atoms with van der Waals surface area (Å²) in [5, 5.41) is 130. The Balaban J connectivity index is 0.983. The molecule has 8 aliphatic rings. The molecule has 0 radical (unpaired) electrons. The van der Waals surface area contributed by atoms with Gasteiger partial charge in [-0.15, -0.1) is 0 Å². The van der Waals surface area contributed by atoms with Gasteiger partial charge in [-0.2, -0.15) is 0 Å². The van der Waals surface area contributed by atoms with Gasteiger partial charge in [0.1, 0.15) is 67.1 Å². The van der Waals surface area contributed by atoms with E-state index in [9.17, 15) is 66.1 Å². The van der Waals surface area contributed by atoms with Crippen molar-refractivity contribution in [3.05, 3.63) is 11.6 Å². The molecule has 378 valence electrons. The van der Waals surface area contributed by atoms with Gasteiger partial charge in [-0.25, -0.2) is 0 Å². The smallest absolute Gasteiger partial charge is 0.315 e. The zero-order valence-corrected chi connectivity index (χ0v) is 39.0. The van der Waals surface area contributed by atoms with Crippen molar-refractivity contribution in [2.24, 2.45) is 44.8 Å². The van der Waals surface area contributed by atoms with Crippen molar-refractivity contribution >= 4 is 5.97 Å². The number of carbonyl (C=O) groups excluding carboxylic acids is 1. The summed E-state index contributed by atoms with van der Waals surface area (Å²) in [5.41, 5.74) is -2.45. The molecule has 0 aromatic carbocycles. The molecule has 0 amide bonds. The number of allylic oxidation sites excluding steroid dienone is 2. The lowest BCUT2D eigenvalue weighted by molar-refractivity contribution is -0.361. The van der Waals surface area contributed by atoms with Crippen LogP contribution in [0.3, 0.4) is 0 Å². The second-order valence-electron chi connectivity index (χ2n) is 22.7. The maximum absolute atomic E-state index is 14.9. The Bertz CT molecular complexity index is 1800. The van der Waals surface area contributed by atoms with Crippen LogP contribution in [0.25, 0.3) is 0 Å². The van der Waals surface area contributed by atoms with E-state index < -0.39 is 135 Å². The number of rotatable bonds is 9. The van der Waals surface area contributed by atoms with Gasteiger partial charge >= 0.3 is 5.97 Å². The molecule has 3 heterocycles. The highest BCUT2D eigenvalue weighted by atomic mass is 16.8. The van der Waals surface area contributed by atoms with Crippen LogP contribution >= 0.6 is 0 Å². The maximum atomic E-state index is 14.9. The Morgan fingerprint density at radius 1 is 0.697 bits per heavy atom. The Hall–Kier alpha value is -1.47. The van der Waals surface area contributed by atoms with Crippen molar-refractivity contribution in [3.8, 4) is 0 Å². The highest BCUT2D eigenvalue weighted by Gasteiger charge is 2.70. The number of carbonyl (C=O) groups is 1. The molecule has 0 spiro atoms. The Labute approximate surface area is 385 Å². The number of fused-ring (bicyclic) bond motifs is 7. The van der Waals surface area contributed by atoms with Crippen molar-refractivity contribution in [3.63, 3.8) is 0 Å². The number of aliphatic hydroxyl groups is 12. The molecule has 8 rings (SSSR count). The summed E-state index contributed by atoms with van der Waals surface area (Å²) < 4.78 is 34.5. The fourth-order valence-electron chi connectivity index (χ4n) is 14.7. The van der Waals surface area contributed by atoms with E-state index in [2.05, 4.69) is 40.7 Å². The van der Waals surface area contributed by atoms with Gasteiger partial charge in [-0.1, -0.05) is 46.3 Å². The van der Waals surface area contributed by atoms with Gasteiger partial charge in [0.05, 0.1) is 43.0 Å². The Morgan fingerprint density at radius 2 is 1.33 bits per heavy atom. The summed E-state index contributed by atoms with van der Waals surface area (Å²) >= 11 is 0. The maximum Gasteiger partial charge on any atom is 0.315 e. The van der Waals surface area contributed by atoms with Gasteiger partial charge in [0, 0.05) is 0 Å². The van der Waals surface area contributed by atoms with E-state index in [1.165, 1.54) is 6.92 Å². The zero-order valence-electron chi connectivity index (χ0n) is 39.0. The van der Waals surface area contributed by atoms with Crippen molar-refractivity contribution in [1.82, 2.24) is 0 Å². The third kappa shape index (κ3) is 7.86. The van der Waals surface area contributed by atoms with Crippen LogP contribution in [0.5, 0.6) is 0 Å². The number of hydrogen-bond donors (Lipinski definition) is 12. The fourth-order valence-corrected chi connectivity index (χ4v) is 14.7. The molecule has 24 atom stereocenters. The molecule has 0 bridgehead atoms. The van der Waals surface area contributed by atoms with E-state index in [0.29, 0.717) is 24.7 Å². The van der Waals surface area contributed by atoms with E-state index in [-0.39, 0.29) is 47.0 Å². The molecule has 5 aliphatic carbocycles. The van der Waals surface area contributed by atoms with Gasteiger partial charge < -0.3 is 89.7 Å². The summed E-state index contributed by atoms with van der Waals surface area (Å²) in [6.07, 6.45) is -17.1. The highest BCUT2D eigenvalue weighted by Crippen LogP contribution is 2.75. The minimum atomic E-state index is -1.90. The van der Waals surface area contributed by atoms with Crippen LogP contribution in [0, 0.1) is 44.8 Å². The van der Waals surface area contributed by atoms with Gasteiger partial charge in [0.25, 0.3) is 0 Å². The first kappa shape index (κ1) is 50.9. The molecular formula is C47H76O19. The van der Waals surface area contributed by atoms with Crippen LogP contribution < -0.4 is 0 Å². The Kier molecular flexibility index (Phi) is 13.9. The number of hydrogen-bond acceptors (Lipinski definition) is 19. The van der Waals surface area contributed by atoms with E-state index in [0.717, 1.165) is 37.7 Å². The van der Waals surface area contributed by atoms with E-state index in [4.69, 9.17) is 28.4 Å². The molecule has 7 fully saturated rings. The monoisotopic (exact) mass is 944 g/mol. The second kappa shape index (κ2) is 18.0. The number of esters is 1. The van der Waals surface area contributed by atoms with E-state index >= 15 is 0 Å². The average molecular weight is 945 g/mol. The van der Waals surface area contributed by atoms with Crippen LogP contribution in [-0.2, 0) is 33.2 Å². The lowest BCUT2D eigenvalue weighted by Gasteiger charge is -2.71. The highest BCUT2D eigenvalue weighted by molar-refractivity contribution is 5.79. The van der Waals surface area contributed by atoms with Crippen LogP contribution in [0.2, 0.25) is 0 Å². The summed E-state index contributed by atoms with van der Waals surface area (Å²) in [6, 6.07) is 0. The standard InChI is InChI=1S/C47H76O19/c1-21-29(51)31(53)34(56)39(62-21)65-37-24(18-48)63-38(36(58)33(37)55)61-19-25-30(52)32(54)35(57)40(64-25)66-41(59)47-15-13-44(5)22(23(47)17-46(60,20-49)14-16-47)7-8-27-43(4)11-10-28(50)42(2,3)26(43)9-12-45(27,44)6/h7,21,23-40,48-58,60H,8-20H2,1-6H3. The summed E-state index contributed by atoms with van der Waals surface area (Å²) in [5.74, 6) is -0.638. The molecule has 3 aliphatic heterocycles. The van der Waals surface area contributed by atoms with Gasteiger partial charge in [0.2, 0.25) is 6.29 Å². The average Bonchev–Trinajstić information content (AvgIpc) is 3.28. The molecular weight excluding hydrogens is 868 g/mol. The Morgan fingerprint density at radius 3 is 2.02 bits per heavy atom. The van der Waals surface area contributed by atoms with Gasteiger partial charge in [-0.3, -0.25) is 4.79 Å². The summed E-state index contributed by atoms with van der Waals surface area (Å²) in [6.45, 7) is 10.9. The van der Waals surface area contributed by atoms with Crippen LogP contribution in [0.4, 0.5) is 0 Å². The van der Waals surface area contributed by atoms with Crippen LogP contribution in [0.15, 0.2) is 11.6 Å². The first-order valence-corrected chi connectivity index (χ1v) is 24.1. The molecule has 3 saturated heterocycles. The molecule has 4 saturated carbocycles. The lowest BCUT2D eigenvalue weighted by atomic mass is 9.33. The first-order valence-electron chi connectivity index (χ1n) is 24.1. The SMILES string of the molecule is CC1OC(OC2C(CO)OC(OCC3OC(OC(=O)C45CCC(O)(CO)CC4C4=CCC6C7(C)CCC(O)C(C)(C)C7CCC6(C)C4(C)CC5)C(O)C(O)C3O)C(O)C2O)C(O)C(O)C1O. The minimum Gasteiger partial charge on any atom is -0.432 e. The van der Waals surface area contributed by atoms with Crippen molar-refractivity contribution in [2.75, 3.05) is 19.8 Å². The normalized spacial score (nSPS) is 54.8. The number of aliphatic hydroxyl groups excluding tert-OH is 11. The molecule has 12 N–H and O–H groups in total. The third-order valence-electron chi connectivity index (χ3n) is 19.2. The molecule has 0 aromatic rings. The molecule has 66 heavy (non-hydrogen) atoms. The molecule has 0 aromatic heterocycles. The van der Waals surface area contributed by atoms with Crippen LogP contribution in [0.1, 0.15) is 106 Å². The predicted octanol–water partition coefficient (Wildman–Crippen LogP) is -1.13. The van der Waals surface area contributed by atoms with Crippen molar-refractivity contribution in [2.45, 2.75) is 210 Å². The zero-order chi connectivity index (χ0) is 48.3. The molecule has 24 unspecified atom stereocenters. The second-order valence-corrected chi connectivity index (χ2v) is 22.7.